The Kier molecular flexibility index (Phi) is 6.63. The maximum atomic E-state index is 13.4. The van der Waals surface area contributed by atoms with Gasteiger partial charge in [0, 0.05) is 18.3 Å². The van der Waals surface area contributed by atoms with Gasteiger partial charge in [0.05, 0.1) is 0 Å². The lowest BCUT2D eigenvalue weighted by Gasteiger charge is -2.22. The van der Waals surface area contributed by atoms with E-state index in [0.29, 0.717) is 42.8 Å². The Hall–Kier alpha value is -4.21. The molecule has 0 aliphatic carbocycles. The molecule has 10 heteroatoms. The van der Waals surface area contributed by atoms with Crippen LogP contribution in [0.2, 0.25) is 0 Å². The number of nitrogens with one attached hydrogen (secondary N) is 1. The lowest BCUT2D eigenvalue weighted by Crippen LogP contribution is -2.39. The van der Waals surface area contributed by atoms with Gasteiger partial charge < -0.3 is 19.7 Å². The summed E-state index contributed by atoms with van der Waals surface area (Å²) in [6.07, 6.45) is 1.70. The van der Waals surface area contributed by atoms with Crippen LogP contribution >= 0.6 is 0 Å². The fraction of sp³-hybridized carbons (Fsp3) is 0.261. The number of tetrazole rings is 1. The first kappa shape index (κ1) is 22.0. The fourth-order valence-electron chi connectivity index (χ4n) is 3.36. The molecule has 4 rings (SSSR count). The minimum Gasteiger partial charge on any atom is -0.486 e. The predicted octanol–water partition coefficient (Wildman–Crippen LogP) is 2.24. The van der Waals surface area contributed by atoms with E-state index in [2.05, 4.69) is 20.8 Å². The second-order valence-electron chi connectivity index (χ2n) is 7.30. The molecule has 0 atom stereocenters. The average molecular weight is 448 g/mol. The van der Waals surface area contributed by atoms with Gasteiger partial charge in [0.25, 0.3) is 5.91 Å². The molecule has 0 saturated heterocycles. The van der Waals surface area contributed by atoms with Crippen LogP contribution in [-0.4, -0.2) is 63.2 Å². The molecule has 3 aromatic rings. The lowest BCUT2D eigenvalue weighted by atomic mass is 10.2. The van der Waals surface area contributed by atoms with Crippen LogP contribution in [-0.2, 0) is 9.59 Å². The van der Waals surface area contributed by atoms with E-state index in [-0.39, 0.29) is 24.1 Å². The molecule has 2 amide bonds. The number of aryl methyl sites for hydroxylation is 1. The Morgan fingerprint density at radius 3 is 2.58 bits per heavy atom. The summed E-state index contributed by atoms with van der Waals surface area (Å²) in [5.41, 5.74) is 1.62. The smallest absolute Gasteiger partial charge is 0.273 e. The van der Waals surface area contributed by atoms with Gasteiger partial charge in [-0.15, -0.1) is 5.10 Å². The number of carbonyl (C=O) groups is 2. The molecule has 0 spiro atoms. The molecule has 1 N–H and O–H groups in total. The summed E-state index contributed by atoms with van der Waals surface area (Å²) in [6.45, 7) is 4.64. The molecule has 0 radical (unpaired) electrons. The molecule has 2 heterocycles. The third kappa shape index (κ3) is 5.17. The highest BCUT2D eigenvalue weighted by atomic mass is 16.6. The van der Waals surface area contributed by atoms with Gasteiger partial charge in [0.2, 0.25) is 5.91 Å². The zero-order valence-electron chi connectivity index (χ0n) is 18.4. The van der Waals surface area contributed by atoms with Crippen LogP contribution in [0.5, 0.6) is 11.5 Å². The Morgan fingerprint density at radius 1 is 1.12 bits per heavy atom. The quantitative estimate of drug-likeness (QED) is 0.552. The number of hydrogen-bond donors (Lipinski definition) is 1. The number of amides is 2. The molecule has 1 aliphatic heterocycles. The molecule has 0 saturated carbocycles. The Labute approximate surface area is 190 Å². The Morgan fingerprint density at radius 2 is 1.88 bits per heavy atom. The average Bonchev–Trinajstić information content (AvgIpc) is 3.26. The van der Waals surface area contributed by atoms with Crippen LogP contribution in [0.25, 0.3) is 11.8 Å². The summed E-state index contributed by atoms with van der Waals surface area (Å²) in [7, 11) is 0. The van der Waals surface area contributed by atoms with Gasteiger partial charge in [-0.3, -0.25) is 9.59 Å². The van der Waals surface area contributed by atoms with Gasteiger partial charge in [-0.25, -0.2) is 0 Å². The number of fused-ring (bicyclic) bond motifs is 1. The summed E-state index contributed by atoms with van der Waals surface area (Å²) in [4.78, 5) is 27.6. The van der Waals surface area contributed by atoms with Crippen LogP contribution < -0.4 is 14.8 Å². The minimum atomic E-state index is -0.367. The van der Waals surface area contributed by atoms with Crippen molar-refractivity contribution < 1.29 is 19.1 Å². The number of hydrogen-bond acceptors (Lipinski definition) is 7. The Balaban J connectivity index is 1.52. The first-order valence-electron chi connectivity index (χ1n) is 10.6. The second kappa shape index (κ2) is 9.94. The molecule has 2 aromatic carbocycles. The second-order valence-corrected chi connectivity index (χ2v) is 7.30. The van der Waals surface area contributed by atoms with Crippen molar-refractivity contribution in [3.63, 3.8) is 0 Å². The van der Waals surface area contributed by atoms with E-state index in [9.17, 15) is 9.59 Å². The zero-order chi connectivity index (χ0) is 23.2. The van der Waals surface area contributed by atoms with E-state index < -0.39 is 0 Å². The van der Waals surface area contributed by atoms with E-state index in [0.717, 1.165) is 5.56 Å². The highest BCUT2D eigenvalue weighted by Crippen LogP contribution is 2.32. The van der Waals surface area contributed by atoms with Crippen molar-refractivity contribution in [1.82, 2.24) is 25.1 Å². The van der Waals surface area contributed by atoms with Crippen molar-refractivity contribution in [2.24, 2.45) is 0 Å². The molecule has 33 heavy (non-hydrogen) atoms. The van der Waals surface area contributed by atoms with Crippen molar-refractivity contribution in [2.45, 2.75) is 13.8 Å². The minimum absolute atomic E-state index is 0.142. The van der Waals surface area contributed by atoms with Crippen LogP contribution in [0.3, 0.4) is 0 Å². The zero-order valence-corrected chi connectivity index (χ0v) is 18.4. The summed E-state index contributed by atoms with van der Waals surface area (Å²) < 4.78 is 12.4. The molecule has 1 aliphatic rings. The van der Waals surface area contributed by atoms with Crippen molar-refractivity contribution in [3.8, 4) is 11.5 Å². The monoisotopic (exact) mass is 448 g/mol. The first-order chi connectivity index (χ1) is 16.0. The molecule has 170 valence electrons. The molecule has 0 bridgehead atoms. The number of ether oxygens (including phenoxy) is 2. The van der Waals surface area contributed by atoms with E-state index >= 15 is 0 Å². The van der Waals surface area contributed by atoms with E-state index in [1.165, 1.54) is 9.58 Å². The molecule has 0 unspecified atom stereocenters. The van der Waals surface area contributed by atoms with Crippen molar-refractivity contribution in [3.05, 3.63) is 59.9 Å². The SMILES string of the molecule is CCN(CC(=O)Nc1ccc2c(c1)OCCO2)C(=O)/C(=C/c1ccccc1)n1nnnc1C. The molecular formula is C23H24N6O4. The van der Waals surface area contributed by atoms with Crippen LogP contribution in [0.4, 0.5) is 5.69 Å². The third-order valence-electron chi connectivity index (χ3n) is 5.01. The number of anilines is 1. The number of aromatic nitrogens is 4. The lowest BCUT2D eigenvalue weighted by molar-refractivity contribution is -0.129. The third-order valence-corrected chi connectivity index (χ3v) is 5.01. The van der Waals surface area contributed by atoms with Crippen molar-refractivity contribution in [1.29, 1.82) is 0 Å². The topological polar surface area (TPSA) is 111 Å². The van der Waals surface area contributed by atoms with Crippen LogP contribution in [0.15, 0.2) is 48.5 Å². The number of rotatable bonds is 7. The highest BCUT2D eigenvalue weighted by molar-refractivity contribution is 6.19. The van der Waals surface area contributed by atoms with Gasteiger partial charge in [-0.2, -0.15) is 4.68 Å². The standard InChI is InChI=1S/C23H24N6O4/c1-3-28(15-22(30)24-18-9-10-20-21(14-18)33-12-11-32-20)23(31)19(29-16(2)25-26-27-29)13-17-7-5-4-6-8-17/h4-10,13-14H,3,11-12,15H2,1-2H3,(H,24,30)/b19-13-. The Bertz CT molecular complexity index is 1170. The number of carbonyl (C=O) groups excluding carboxylic acids is 2. The first-order valence-corrected chi connectivity index (χ1v) is 10.6. The van der Waals surface area contributed by atoms with Gasteiger partial charge in [0.15, 0.2) is 17.3 Å². The van der Waals surface area contributed by atoms with Crippen LogP contribution in [0.1, 0.15) is 18.3 Å². The fourth-order valence-corrected chi connectivity index (χ4v) is 3.36. The van der Waals surface area contributed by atoms with Crippen molar-refractivity contribution >= 4 is 29.3 Å². The number of nitrogens with zero attached hydrogens (tertiary/aromatic N) is 5. The van der Waals surface area contributed by atoms with E-state index in [4.69, 9.17) is 9.47 Å². The maximum Gasteiger partial charge on any atom is 0.273 e. The normalized spacial score (nSPS) is 12.8. The number of benzene rings is 2. The molecule has 10 nitrogen and oxygen atoms in total. The van der Waals surface area contributed by atoms with Gasteiger partial charge in [0.1, 0.15) is 25.5 Å². The summed E-state index contributed by atoms with van der Waals surface area (Å²) in [5, 5.41) is 14.3. The summed E-state index contributed by atoms with van der Waals surface area (Å²) >= 11 is 0. The highest BCUT2D eigenvalue weighted by Gasteiger charge is 2.24. The predicted molar refractivity (Wildman–Crippen MR) is 121 cm³/mol. The molecule has 0 fully saturated rings. The van der Waals surface area contributed by atoms with Crippen LogP contribution in [0, 0.1) is 6.92 Å². The summed E-state index contributed by atoms with van der Waals surface area (Å²) in [6, 6.07) is 14.6. The van der Waals surface area contributed by atoms with E-state index in [1.807, 2.05) is 37.3 Å². The van der Waals surface area contributed by atoms with Gasteiger partial charge in [-0.1, -0.05) is 30.3 Å². The number of likely N-dealkylation sites (N-methyl/N-ethyl adjacent to an activating group) is 1. The molecular weight excluding hydrogens is 424 g/mol. The molecule has 1 aromatic heterocycles. The maximum absolute atomic E-state index is 13.4. The van der Waals surface area contributed by atoms with E-state index in [1.54, 1.807) is 31.2 Å². The largest absolute Gasteiger partial charge is 0.486 e. The van der Waals surface area contributed by atoms with Gasteiger partial charge >= 0.3 is 0 Å². The van der Waals surface area contributed by atoms with Gasteiger partial charge in [-0.05, 0) is 48.0 Å². The van der Waals surface area contributed by atoms with Crippen molar-refractivity contribution in [2.75, 3.05) is 31.6 Å². The summed E-state index contributed by atoms with van der Waals surface area (Å²) in [5.74, 6) is 0.965.